The summed E-state index contributed by atoms with van der Waals surface area (Å²) in [5.74, 6) is 0.520. The number of ether oxygens (including phenoxy) is 1. The second kappa shape index (κ2) is 5.66. The van der Waals surface area contributed by atoms with Gasteiger partial charge < -0.3 is 15.4 Å². The molecule has 21 heavy (non-hydrogen) atoms. The summed E-state index contributed by atoms with van der Waals surface area (Å²) in [5.41, 5.74) is 8.50. The summed E-state index contributed by atoms with van der Waals surface area (Å²) in [7, 11) is 0. The van der Waals surface area contributed by atoms with Crippen LogP contribution >= 0.6 is 11.6 Å². The summed E-state index contributed by atoms with van der Waals surface area (Å²) in [6, 6.07) is 12.6. The van der Waals surface area contributed by atoms with Gasteiger partial charge in [0.25, 0.3) is 5.91 Å². The van der Waals surface area contributed by atoms with Gasteiger partial charge in [-0.05, 0) is 48.4 Å². The molecule has 0 bridgehead atoms. The molecule has 0 radical (unpaired) electrons. The molecule has 5 heteroatoms. The molecule has 4 nitrogen and oxygen atoms in total. The van der Waals surface area contributed by atoms with E-state index in [1.165, 1.54) is 0 Å². The molecule has 108 valence electrons. The second-order valence-corrected chi connectivity index (χ2v) is 5.37. The van der Waals surface area contributed by atoms with Crippen LogP contribution in [0, 0.1) is 0 Å². The minimum atomic E-state index is -0.0708. The standard InChI is InChI=1S/C16H15ClN2O2/c17-12-2-1-3-14(9-12)21-10-16(20)19-7-6-11-8-13(18)4-5-15(11)19/h1-5,8-9H,6-7,10,18H2. The molecule has 1 heterocycles. The Balaban J connectivity index is 1.68. The van der Waals surface area contributed by atoms with Gasteiger partial charge in [0.05, 0.1) is 0 Å². The van der Waals surface area contributed by atoms with Crippen LogP contribution < -0.4 is 15.4 Å². The summed E-state index contributed by atoms with van der Waals surface area (Å²) in [6.07, 6.45) is 0.823. The first-order valence-corrected chi connectivity index (χ1v) is 7.08. The van der Waals surface area contributed by atoms with Crippen LogP contribution in [0.2, 0.25) is 5.02 Å². The van der Waals surface area contributed by atoms with Gasteiger partial charge in [-0.3, -0.25) is 4.79 Å². The Morgan fingerprint density at radius 3 is 2.95 bits per heavy atom. The van der Waals surface area contributed by atoms with Gasteiger partial charge in [-0.15, -0.1) is 0 Å². The highest BCUT2D eigenvalue weighted by Crippen LogP contribution is 2.29. The Hall–Kier alpha value is -2.20. The van der Waals surface area contributed by atoms with Crippen LogP contribution in [0.1, 0.15) is 5.56 Å². The average molecular weight is 303 g/mol. The number of fused-ring (bicyclic) bond motifs is 1. The van der Waals surface area contributed by atoms with E-state index in [1.807, 2.05) is 18.2 Å². The highest BCUT2D eigenvalue weighted by atomic mass is 35.5. The molecule has 0 saturated heterocycles. The summed E-state index contributed by atoms with van der Waals surface area (Å²) in [4.78, 5) is 14.0. The van der Waals surface area contributed by atoms with Crippen LogP contribution in [-0.2, 0) is 11.2 Å². The van der Waals surface area contributed by atoms with Crippen molar-refractivity contribution in [2.45, 2.75) is 6.42 Å². The molecule has 0 saturated carbocycles. The number of nitrogens with two attached hydrogens (primary N) is 1. The zero-order chi connectivity index (χ0) is 14.8. The van der Waals surface area contributed by atoms with Crippen molar-refractivity contribution >= 4 is 28.9 Å². The van der Waals surface area contributed by atoms with Crippen molar-refractivity contribution in [2.24, 2.45) is 0 Å². The third kappa shape index (κ3) is 2.95. The van der Waals surface area contributed by atoms with E-state index >= 15 is 0 Å². The molecule has 0 fully saturated rings. The normalized spacial score (nSPS) is 13.1. The number of benzene rings is 2. The van der Waals surface area contributed by atoms with Gasteiger partial charge >= 0.3 is 0 Å². The zero-order valence-corrected chi connectivity index (χ0v) is 12.1. The van der Waals surface area contributed by atoms with Crippen molar-refractivity contribution in [3.8, 4) is 5.75 Å². The van der Waals surface area contributed by atoms with E-state index in [9.17, 15) is 4.79 Å². The van der Waals surface area contributed by atoms with Gasteiger partial charge in [0, 0.05) is 22.9 Å². The SMILES string of the molecule is Nc1ccc2c(c1)CCN2C(=O)COc1cccc(Cl)c1. The average Bonchev–Trinajstić information content (AvgIpc) is 2.88. The lowest BCUT2D eigenvalue weighted by Gasteiger charge is -2.17. The van der Waals surface area contributed by atoms with Crippen molar-refractivity contribution in [3.05, 3.63) is 53.1 Å². The summed E-state index contributed by atoms with van der Waals surface area (Å²) in [6.45, 7) is 0.653. The molecule has 0 aromatic heterocycles. The van der Waals surface area contributed by atoms with E-state index in [2.05, 4.69) is 0 Å². The lowest BCUT2D eigenvalue weighted by molar-refractivity contribution is -0.120. The molecule has 2 N–H and O–H groups in total. The van der Waals surface area contributed by atoms with Crippen molar-refractivity contribution in [3.63, 3.8) is 0 Å². The zero-order valence-electron chi connectivity index (χ0n) is 11.4. The molecule has 1 amide bonds. The predicted molar refractivity (Wildman–Crippen MR) is 83.9 cm³/mol. The van der Waals surface area contributed by atoms with E-state index in [4.69, 9.17) is 22.1 Å². The Morgan fingerprint density at radius 1 is 1.29 bits per heavy atom. The van der Waals surface area contributed by atoms with Gasteiger partial charge in [-0.25, -0.2) is 0 Å². The fraction of sp³-hybridized carbons (Fsp3) is 0.188. The fourth-order valence-electron chi connectivity index (χ4n) is 2.46. The number of amides is 1. The lowest BCUT2D eigenvalue weighted by atomic mass is 10.1. The summed E-state index contributed by atoms with van der Waals surface area (Å²) >= 11 is 5.88. The van der Waals surface area contributed by atoms with Crippen LogP contribution in [0.3, 0.4) is 0 Å². The smallest absolute Gasteiger partial charge is 0.264 e. The van der Waals surface area contributed by atoms with Gasteiger partial charge in [-0.1, -0.05) is 17.7 Å². The number of carbonyl (C=O) groups excluding carboxylic acids is 1. The molecule has 0 spiro atoms. The highest BCUT2D eigenvalue weighted by molar-refractivity contribution is 6.30. The largest absolute Gasteiger partial charge is 0.484 e. The van der Waals surface area contributed by atoms with Crippen molar-refractivity contribution in [2.75, 3.05) is 23.8 Å². The van der Waals surface area contributed by atoms with Gasteiger partial charge in [0.15, 0.2) is 6.61 Å². The van der Waals surface area contributed by atoms with Gasteiger partial charge in [-0.2, -0.15) is 0 Å². The third-order valence-corrected chi connectivity index (χ3v) is 3.69. The molecule has 2 aromatic rings. The van der Waals surface area contributed by atoms with Crippen LogP contribution in [-0.4, -0.2) is 19.1 Å². The number of anilines is 2. The number of rotatable bonds is 3. The number of halogens is 1. The summed E-state index contributed by atoms with van der Waals surface area (Å²) < 4.78 is 5.50. The number of nitrogens with zero attached hydrogens (tertiary/aromatic N) is 1. The van der Waals surface area contributed by atoms with Crippen LogP contribution in [0.5, 0.6) is 5.75 Å². The monoisotopic (exact) mass is 302 g/mol. The quantitative estimate of drug-likeness (QED) is 0.887. The van der Waals surface area contributed by atoms with E-state index in [0.717, 1.165) is 23.4 Å². The van der Waals surface area contributed by atoms with Crippen LogP contribution in [0.15, 0.2) is 42.5 Å². The topological polar surface area (TPSA) is 55.6 Å². The predicted octanol–water partition coefficient (Wildman–Crippen LogP) is 2.89. The third-order valence-electron chi connectivity index (χ3n) is 3.46. The number of hydrogen-bond acceptors (Lipinski definition) is 3. The van der Waals surface area contributed by atoms with E-state index < -0.39 is 0 Å². The maximum Gasteiger partial charge on any atom is 0.264 e. The van der Waals surface area contributed by atoms with Gasteiger partial charge in [0.2, 0.25) is 0 Å². The molecule has 0 unspecified atom stereocenters. The maximum absolute atomic E-state index is 12.3. The number of hydrogen-bond donors (Lipinski definition) is 1. The maximum atomic E-state index is 12.3. The Labute approximate surface area is 128 Å². The Kier molecular flexibility index (Phi) is 3.71. The minimum Gasteiger partial charge on any atom is -0.484 e. The first-order chi connectivity index (χ1) is 10.1. The highest BCUT2D eigenvalue weighted by Gasteiger charge is 2.24. The van der Waals surface area contributed by atoms with E-state index in [-0.39, 0.29) is 12.5 Å². The Bertz CT molecular complexity index is 688. The fourth-order valence-corrected chi connectivity index (χ4v) is 2.64. The lowest BCUT2D eigenvalue weighted by Crippen LogP contribution is -2.33. The van der Waals surface area contributed by atoms with Crippen molar-refractivity contribution in [1.29, 1.82) is 0 Å². The minimum absolute atomic E-state index is 0.00976. The van der Waals surface area contributed by atoms with Gasteiger partial charge in [0.1, 0.15) is 5.75 Å². The molecule has 1 aliphatic rings. The first-order valence-electron chi connectivity index (χ1n) is 6.70. The van der Waals surface area contributed by atoms with Crippen LogP contribution in [0.25, 0.3) is 0 Å². The summed E-state index contributed by atoms with van der Waals surface area (Å²) in [5, 5.41) is 0.585. The van der Waals surface area contributed by atoms with E-state index in [1.54, 1.807) is 29.2 Å². The molecular weight excluding hydrogens is 288 g/mol. The van der Waals surface area contributed by atoms with Crippen molar-refractivity contribution < 1.29 is 9.53 Å². The molecular formula is C16H15ClN2O2. The Morgan fingerprint density at radius 2 is 2.14 bits per heavy atom. The molecule has 2 aromatic carbocycles. The molecule has 1 aliphatic heterocycles. The van der Waals surface area contributed by atoms with E-state index in [0.29, 0.717) is 17.3 Å². The molecule has 3 rings (SSSR count). The number of nitrogen functional groups attached to an aromatic ring is 1. The van der Waals surface area contributed by atoms with Crippen molar-refractivity contribution in [1.82, 2.24) is 0 Å². The first kappa shape index (κ1) is 13.8. The molecule has 0 aliphatic carbocycles. The van der Waals surface area contributed by atoms with Crippen LogP contribution in [0.4, 0.5) is 11.4 Å². The number of carbonyl (C=O) groups is 1. The second-order valence-electron chi connectivity index (χ2n) is 4.93. The molecule has 0 atom stereocenters.